The Bertz CT molecular complexity index is 1100. The highest BCUT2D eigenvalue weighted by atomic mass is 32.1. The fraction of sp³-hybridized carbons (Fsp3) is 0.613. The van der Waals surface area contributed by atoms with E-state index in [1.807, 2.05) is 54.5 Å². The number of carbonyl (C=O) groups excluding carboxylic acids is 2. The van der Waals surface area contributed by atoms with Crippen molar-refractivity contribution in [1.82, 2.24) is 5.32 Å². The molecule has 2 aromatic rings. The molecule has 0 aliphatic carbocycles. The van der Waals surface area contributed by atoms with Crippen molar-refractivity contribution in [2.75, 3.05) is 13.7 Å². The number of esters is 1. The van der Waals surface area contributed by atoms with E-state index in [4.69, 9.17) is 9.47 Å². The summed E-state index contributed by atoms with van der Waals surface area (Å²) >= 11 is 1.50. The zero-order chi connectivity index (χ0) is 28.8. The van der Waals surface area contributed by atoms with Gasteiger partial charge < -0.3 is 19.9 Å². The van der Waals surface area contributed by atoms with E-state index in [0.29, 0.717) is 4.88 Å². The van der Waals surface area contributed by atoms with Gasteiger partial charge in [0.15, 0.2) is 0 Å². The summed E-state index contributed by atoms with van der Waals surface area (Å²) in [5.41, 5.74) is 2.56. The topological polar surface area (TPSA) is 84.9 Å². The first kappa shape index (κ1) is 31.8. The van der Waals surface area contributed by atoms with Gasteiger partial charge in [-0.1, -0.05) is 67.0 Å². The number of amides is 1. The molecule has 2 N–H and O–H groups in total. The number of hydrogen-bond acceptors (Lipinski definition) is 6. The molecular formula is C31H47NO5S. The summed E-state index contributed by atoms with van der Waals surface area (Å²) < 4.78 is 10.9. The van der Waals surface area contributed by atoms with E-state index >= 15 is 0 Å². The van der Waals surface area contributed by atoms with Crippen molar-refractivity contribution in [2.24, 2.45) is 11.3 Å². The largest absolute Gasteiger partial charge is 0.491 e. The Hall–Kier alpha value is -2.38. The maximum Gasteiger partial charge on any atom is 0.328 e. The molecule has 0 saturated heterocycles. The highest BCUT2D eigenvalue weighted by molar-refractivity contribution is 7.14. The number of aryl methyl sites for hydroxylation is 2. The summed E-state index contributed by atoms with van der Waals surface area (Å²) in [4.78, 5) is 27.4. The van der Waals surface area contributed by atoms with Crippen molar-refractivity contribution in [1.29, 1.82) is 0 Å². The van der Waals surface area contributed by atoms with Crippen LogP contribution in [0, 0.1) is 25.2 Å². The van der Waals surface area contributed by atoms with Crippen molar-refractivity contribution in [2.45, 2.75) is 99.1 Å². The molecule has 1 aromatic heterocycles. The number of ether oxygens (including phenoxy) is 2. The zero-order valence-corrected chi connectivity index (χ0v) is 25.7. The summed E-state index contributed by atoms with van der Waals surface area (Å²) in [6.07, 6.45) is 1.91. The lowest BCUT2D eigenvalue weighted by atomic mass is 9.74. The van der Waals surface area contributed by atoms with Gasteiger partial charge in [-0.25, -0.2) is 4.79 Å². The van der Waals surface area contributed by atoms with Crippen molar-refractivity contribution >= 4 is 23.2 Å². The maximum atomic E-state index is 13.3. The molecule has 0 bridgehead atoms. The van der Waals surface area contributed by atoms with Crippen LogP contribution in [0.2, 0.25) is 0 Å². The van der Waals surface area contributed by atoms with Crippen molar-refractivity contribution in [3.05, 3.63) is 50.7 Å². The van der Waals surface area contributed by atoms with Crippen LogP contribution in [-0.4, -0.2) is 42.8 Å². The molecule has 0 fully saturated rings. The molecule has 7 heteroatoms. The van der Waals surface area contributed by atoms with Gasteiger partial charge in [0, 0.05) is 10.3 Å². The number of nitrogens with one attached hydrogen (secondary N) is 1. The summed E-state index contributed by atoms with van der Waals surface area (Å²) in [5, 5.41) is 13.3. The molecule has 2 rings (SSSR count). The number of aliphatic hydroxyl groups is 1. The molecule has 1 amide bonds. The van der Waals surface area contributed by atoms with E-state index in [9.17, 15) is 14.7 Å². The van der Waals surface area contributed by atoms with E-state index in [2.05, 4.69) is 37.4 Å². The van der Waals surface area contributed by atoms with Crippen LogP contribution in [0.3, 0.4) is 0 Å². The van der Waals surface area contributed by atoms with Crippen molar-refractivity contribution < 1.29 is 24.2 Å². The molecule has 0 aliphatic rings. The van der Waals surface area contributed by atoms with Gasteiger partial charge in [0.25, 0.3) is 5.91 Å². The van der Waals surface area contributed by atoms with Gasteiger partial charge in [-0.2, -0.15) is 0 Å². The van der Waals surface area contributed by atoms with Crippen LogP contribution in [0.1, 0.15) is 99.0 Å². The fourth-order valence-electron chi connectivity index (χ4n) is 4.62. The molecular weight excluding hydrogens is 498 g/mol. The predicted octanol–water partition coefficient (Wildman–Crippen LogP) is 6.57. The van der Waals surface area contributed by atoms with Crippen LogP contribution in [0.15, 0.2) is 24.3 Å². The lowest BCUT2D eigenvalue weighted by Gasteiger charge is -2.32. The van der Waals surface area contributed by atoms with Gasteiger partial charge >= 0.3 is 5.97 Å². The molecule has 0 saturated carbocycles. The Kier molecular flexibility index (Phi) is 11.0. The second-order valence-corrected chi connectivity index (χ2v) is 12.5. The van der Waals surface area contributed by atoms with E-state index in [1.165, 1.54) is 24.0 Å². The van der Waals surface area contributed by atoms with E-state index in [-0.39, 0.29) is 29.3 Å². The number of methoxy groups -OCH3 is 1. The van der Waals surface area contributed by atoms with Crippen LogP contribution in [0.5, 0.6) is 5.75 Å². The Morgan fingerprint density at radius 2 is 1.68 bits per heavy atom. The lowest BCUT2D eigenvalue weighted by Crippen LogP contribution is -2.45. The maximum absolute atomic E-state index is 13.3. The summed E-state index contributed by atoms with van der Waals surface area (Å²) in [5.74, 6) is 0.0588. The quantitative estimate of drug-likeness (QED) is 0.295. The molecule has 3 atom stereocenters. The Morgan fingerprint density at radius 3 is 2.18 bits per heavy atom. The van der Waals surface area contributed by atoms with E-state index in [0.717, 1.165) is 41.0 Å². The Balaban J connectivity index is 2.39. The predicted molar refractivity (Wildman–Crippen MR) is 155 cm³/mol. The minimum atomic E-state index is -0.684. The number of carbonyl (C=O) groups is 2. The van der Waals surface area contributed by atoms with Crippen LogP contribution < -0.4 is 10.1 Å². The highest BCUT2D eigenvalue weighted by Crippen LogP contribution is 2.44. The number of aliphatic hydroxyl groups excluding tert-OH is 1. The SMILES string of the molecule is CCC(C)C(NC(=O)c1sc(C(CC)(CC)c2ccc(OCC(O)C(C)(C)C)c(C)c2)cc1C)C(=O)OC. The van der Waals surface area contributed by atoms with Crippen molar-refractivity contribution in [3.63, 3.8) is 0 Å². The number of thiophene rings is 1. The molecule has 0 radical (unpaired) electrons. The molecule has 1 aromatic carbocycles. The fourth-order valence-corrected chi connectivity index (χ4v) is 6.05. The second-order valence-electron chi connectivity index (χ2n) is 11.4. The number of rotatable bonds is 12. The molecule has 0 aliphatic heterocycles. The van der Waals surface area contributed by atoms with Gasteiger partial charge in [-0.3, -0.25) is 4.79 Å². The minimum Gasteiger partial charge on any atom is -0.491 e. The molecule has 3 unspecified atom stereocenters. The van der Waals surface area contributed by atoms with Gasteiger partial charge in [-0.05, 0) is 66.8 Å². The second kappa shape index (κ2) is 13.1. The third-order valence-corrected chi connectivity index (χ3v) is 9.32. The summed E-state index contributed by atoms with van der Waals surface area (Å²) in [6, 6.07) is 7.68. The number of benzene rings is 1. The van der Waals surface area contributed by atoms with Crippen LogP contribution >= 0.6 is 11.3 Å². The average Bonchev–Trinajstić information content (AvgIpc) is 3.27. The van der Waals surface area contributed by atoms with E-state index < -0.39 is 18.1 Å². The molecule has 0 spiro atoms. The van der Waals surface area contributed by atoms with Gasteiger partial charge in [0.1, 0.15) is 18.4 Å². The van der Waals surface area contributed by atoms with Crippen LogP contribution in [0.25, 0.3) is 0 Å². The first-order valence-electron chi connectivity index (χ1n) is 13.7. The first-order chi connectivity index (χ1) is 17.7. The van der Waals surface area contributed by atoms with Gasteiger partial charge in [-0.15, -0.1) is 11.3 Å². The molecule has 1 heterocycles. The lowest BCUT2D eigenvalue weighted by molar-refractivity contribution is -0.144. The highest BCUT2D eigenvalue weighted by Gasteiger charge is 2.35. The zero-order valence-electron chi connectivity index (χ0n) is 24.9. The number of hydrogen-bond donors (Lipinski definition) is 2. The van der Waals surface area contributed by atoms with Gasteiger partial charge in [0.2, 0.25) is 0 Å². The van der Waals surface area contributed by atoms with Crippen LogP contribution in [0.4, 0.5) is 0 Å². The minimum absolute atomic E-state index is 0.0373. The average molecular weight is 546 g/mol. The summed E-state index contributed by atoms with van der Waals surface area (Å²) in [7, 11) is 1.35. The molecule has 6 nitrogen and oxygen atoms in total. The normalized spacial score (nSPS) is 14.5. The van der Waals surface area contributed by atoms with Gasteiger partial charge in [0.05, 0.1) is 18.1 Å². The molecule has 212 valence electrons. The monoisotopic (exact) mass is 545 g/mol. The Labute approximate surface area is 233 Å². The third-order valence-electron chi connectivity index (χ3n) is 7.88. The first-order valence-corrected chi connectivity index (χ1v) is 14.5. The van der Waals surface area contributed by atoms with Crippen LogP contribution in [-0.2, 0) is 14.9 Å². The van der Waals surface area contributed by atoms with Crippen molar-refractivity contribution in [3.8, 4) is 5.75 Å². The van der Waals surface area contributed by atoms with E-state index in [1.54, 1.807) is 0 Å². The Morgan fingerprint density at radius 1 is 1.05 bits per heavy atom. The summed E-state index contributed by atoms with van der Waals surface area (Å²) in [6.45, 7) is 18.5. The molecule has 38 heavy (non-hydrogen) atoms. The standard InChI is InChI=1S/C31H47NO5S/c1-11-19(4)26(29(35)36-10)32-28(34)27-21(6)17-25(38-27)31(12-2,13-3)22-14-15-23(20(5)16-22)37-18-24(33)30(7,8)9/h14-17,19,24,26,33H,11-13,18H2,1-10H3,(H,32,34). The smallest absolute Gasteiger partial charge is 0.328 e. The third kappa shape index (κ3) is 6.97.